The number of benzene rings is 1. The number of nitrogens with zero attached hydrogens (tertiary/aromatic N) is 2. The van der Waals surface area contributed by atoms with Gasteiger partial charge in [0.15, 0.2) is 0 Å². The monoisotopic (exact) mass is 468 g/mol. The molecule has 1 aliphatic rings. The fraction of sp³-hybridized carbons (Fsp3) is 0.450. The van der Waals surface area contributed by atoms with Gasteiger partial charge in [-0.1, -0.05) is 6.07 Å². The molecule has 26 heavy (non-hydrogen) atoms. The standard InChI is InChI=1S/C20H25IN2O3/c1-20(2,3)26-19(24)23-10-8-14-4-6-17(12-15(14)9-11-23)25-18-7-5-16(21)13-22-18/h4-7,12-13,19,24H,8-11H2,1-3H3. The highest BCUT2D eigenvalue weighted by Crippen LogP contribution is 2.26. The fourth-order valence-electron chi connectivity index (χ4n) is 2.94. The maximum Gasteiger partial charge on any atom is 0.219 e. The second-order valence-corrected chi connectivity index (χ2v) is 8.69. The van der Waals surface area contributed by atoms with Gasteiger partial charge in [-0.15, -0.1) is 0 Å². The van der Waals surface area contributed by atoms with Crippen LogP contribution >= 0.6 is 22.6 Å². The number of ether oxygens (including phenoxy) is 2. The molecule has 0 fully saturated rings. The molecule has 0 amide bonds. The van der Waals surface area contributed by atoms with Crippen molar-refractivity contribution in [3.05, 3.63) is 51.2 Å². The van der Waals surface area contributed by atoms with E-state index in [1.54, 1.807) is 6.20 Å². The number of aliphatic hydroxyl groups excluding tert-OH is 1. The van der Waals surface area contributed by atoms with E-state index < -0.39 is 6.41 Å². The molecule has 0 spiro atoms. The van der Waals surface area contributed by atoms with E-state index in [1.165, 1.54) is 11.1 Å². The van der Waals surface area contributed by atoms with E-state index in [-0.39, 0.29) is 5.60 Å². The minimum Gasteiger partial charge on any atom is -0.439 e. The molecule has 0 bridgehead atoms. The first-order chi connectivity index (χ1) is 12.3. The lowest BCUT2D eigenvalue weighted by Crippen LogP contribution is -2.43. The van der Waals surface area contributed by atoms with Gasteiger partial charge in [-0.3, -0.25) is 4.90 Å². The van der Waals surface area contributed by atoms with Gasteiger partial charge in [0.05, 0.1) is 5.60 Å². The number of aliphatic hydroxyl groups is 1. The molecule has 1 atom stereocenters. The molecule has 0 saturated carbocycles. The van der Waals surface area contributed by atoms with E-state index in [2.05, 4.69) is 39.7 Å². The Morgan fingerprint density at radius 1 is 1.12 bits per heavy atom. The predicted octanol–water partition coefficient (Wildman–Crippen LogP) is 3.97. The Morgan fingerprint density at radius 3 is 2.50 bits per heavy atom. The summed E-state index contributed by atoms with van der Waals surface area (Å²) in [6.07, 6.45) is 2.63. The molecule has 5 nitrogen and oxygen atoms in total. The van der Waals surface area contributed by atoms with Crippen molar-refractivity contribution in [1.29, 1.82) is 0 Å². The van der Waals surface area contributed by atoms with Crippen LogP contribution in [0.2, 0.25) is 0 Å². The van der Waals surface area contributed by atoms with Gasteiger partial charge in [0.25, 0.3) is 0 Å². The molecule has 0 aliphatic carbocycles. The summed E-state index contributed by atoms with van der Waals surface area (Å²) >= 11 is 2.22. The number of halogens is 1. The van der Waals surface area contributed by atoms with E-state index >= 15 is 0 Å². The van der Waals surface area contributed by atoms with Crippen molar-refractivity contribution in [2.75, 3.05) is 13.1 Å². The third kappa shape index (κ3) is 5.39. The summed E-state index contributed by atoms with van der Waals surface area (Å²) in [5, 5.41) is 10.4. The first-order valence-corrected chi connectivity index (χ1v) is 9.89. The van der Waals surface area contributed by atoms with Crippen molar-refractivity contribution in [1.82, 2.24) is 9.88 Å². The molecule has 6 heteroatoms. The van der Waals surface area contributed by atoms with E-state index in [4.69, 9.17) is 9.47 Å². The molecule has 0 radical (unpaired) electrons. The fourth-order valence-corrected chi connectivity index (χ4v) is 3.26. The Hall–Kier alpha value is -1.22. The normalized spacial score (nSPS) is 16.7. The highest BCUT2D eigenvalue weighted by molar-refractivity contribution is 14.1. The van der Waals surface area contributed by atoms with Crippen LogP contribution in [-0.4, -0.2) is 40.1 Å². The lowest BCUT2D eigenvalue weighted by atomic mass is 10.0. The second kappa shape index (κ2) is 8.21. The molecular weight excluding hydrogens is 443 g/mol. The topological polar surface area (TPSA) is 54.8 Å². The first-order valence-electron chi connectivity index (χ1n) is 8.81. The smallest absolute Gasteiger partial charge is 0.219 e. The van der Waals surface area contributed by atoms with Gasteiger partial charge < -0.3 is 14.6 Å². The number of pyridine rings is 1. The number of fused-ring (bicyclic) bond motifs is 1. The zero-order chi connectivity index (χ0) is 18.7. The van der Waals surface area contributed by atoms with Crippen LogP contribution in [0, 0.1) is 3.57 Å². The molecule has 1 aromatic carbocycles. The number of rotatable bonds is 4. The van der Waals surface area contributed by atoms with E-state index in [9.17, 15) is 5.11 Å². The van der Waals surface area contributed by atoms with E-state index in [0.29, 0.717) is 5.88 Å². The largest absolute Gasteiger partial charge is 0.439 e. The summed E-state index contributed by atoms with van der Waals surface area (Å²) in [6.45, 7) is 7.36. The number of hydrogen-bond donors (Lipinski definition) is 1. The lowest BCUT2D eigenvalue weighted by molar-refractivity contribution is -0.238. The zero-order valence-corrected chi connectivity index (χ0v) is 17.6. The van der Waals surface area contributed by atoms with Gasteiger partial charge in [0, 0.05) is 28.9 Å². The van der Waals surface area contributed by atoms with Gasteiger partial charge in [-0.05, 0) is 85.5 Å². The predicted molar refractivity (Wildman–Crippen MR) is 109 cm³/mol. The van der Waals surface area contributed by atoms with Crippen LogP contribution in [0.25, 0.3) is 0 Å². The third-order valence-electron chi connectivity index (χ3n) is 4.21. The molecule has 1 N–H and O–H groups in total. The molecule has 2 heterocycles. The summed E-state index contributed by atoms with van der Waals surface area (Å²) in [5.74, 6) is 1.38. The summed E-state index contributed by atoms with van der Waals surface area (Å²) in [4.78, 5) is 6.26. The number of hydrogen-bond acceptors (Lipinski definition) is 5. The molecular formula is C20H25IN2O3. The lowest BCUT2D eigenvalue weighted by Gasteiger charge is -2.31. The SMILES string of the molecule is CC(C)(C)OC(O)N1CCc2ccc(Oc3ccc(I)cn3)cc2CC1. The molecule has 1 unspecified atom stereocenters. The van der Waals surface area contributed by atoms with Crippen molar-refractivity contribution >= 4 is 22.6 Å². The van der Waals surface area contributed by atoms with Crippen LogP contribution in [0.5, 0.6) is 11.6 Å². The minimum absolute atomic E-state index is 0.375. The molecule has 3 rings (SSSR count). The van der Waals surface area contributed by atoms with Gasteiger partial charge in [-0.25, -0.2) is 4.98 Å². The van der Waals surface area contributed by atoms with E-state index in [1.807, 2.05) is 43.9 Å². The maximum atomic E-state index is 10.4. The summed E-state index contributed by atoms with van der Waals surface area (Å²) in [7, 11) is 0. The Bertz CT molecular complexity index is 744. The Balaban J connectivity index is 1.67. The third-order valence-corrected chi connectivity index (χ3v) is 4.85. The molecule has 1 aliphatic heterocycles. The van der Waals surface area contributed by atoms with Gasteiger partial charge in [-0.2, -0.15) is 0 Å². The van der Waals surface area contributed by atoms with Crippen molar-refractivity contribution in [2.24, 2.45) is 0 Å². The Morgan fingerprint density at radius 2 is 1.85 bits per heavy atom. The van der Waals surface area contributed by atoms with Crippen LogP contribution in [-0.2, 0) is 17.6 Å². The summed E-state index contributed by atoms with van der Waals surface area (Å²) in [5.41, 5.74) is 2.16. The van der Waals surface area contributed by atoms with Crippen molar-refractivity contribution < 1.29 is 14.6 Å². The second-order valence-electron chi connectivity index (χ2n) is 7.44. The Labute approximate surface area is 168 Å². The number of aromatic nitrogens is 1. The van der Waals surface area contributed by atoms with Crippen molar-refractivity contribution in [2.45, 2.75) is 45.6 Å². The highest BCUT2D eigenvalue weighted by Gasteiger charge is 2.24. The van der Waals surface area contributed by atoms with Crippen LogP contribution in [0.1, 0.15) is 31.9 Å². The summed E-state index contributed by atoms with van der Waals surface area (Å²) in [6, 6.07) is 10.0. The van der Waals surface area contributed by atoms with E-state index in [0.717, 1.165) is 35.3 Å². The Kier molecular flexibility index (Phi) is 6.17. The van der Waals surface area contributed by atoms with Gasteiger partial charge in [0.1, 0.15) is 5.75 Å². The van der Waals surface area contributed by atoms with Crippen LogP contribution < -0.4 is 4.74 Å². The van der Waals surface area contributed by atoms with Crippen molar-refractivity contribution in [3.8, 4) is 11.6 Å². The minimum atomic E-state index is -0.879. The quantitative estimate of drug-likeness (QED) is 0.544. The first kappa shape index (κ1) is 19.5. The van der Waals surface area contributed by atoms with Gasteiger partial charge >= 0.3 is 0 Å². The van der Waals surface area contributed by atoms with Crippen LogP contribution in [0.4, 0.5) is 0 Å². The molecule has 2 aromatic rings. The molecule has 140 valence electrons. The molecule has 0 saturated heterocycles. The molecule has 1 aromatic heterocycles. The average molecular weight is 468 g/mol. The maximum absolute atomic E-state index is 10.4. The zero-order valence-electron chi connectivity index (χ0n) is 15.4. The average Bonchev–Trinajstić information content (AvgIpc) is 2.78. The summed E-state index contributed by atoms with van der Waals surface area (Å²) < 4.78 is 12.6. The van der Waals surface area contributed by atoms with Crippen LogP contribution in [0.15, 0.2) is 36.5 Å². The highest BCUT2D eigenvalue weighted by atomic mass is 127. The van der Waals surface area contributed by atoms with Crippen molar-refractivity contribution in [3.63, 3.8) is 0 Å². The van der Waals surface area contributed by atoms with Crippen LogP contribution in [0.3, 0.4) is 0 Å². The van der Waals surface area contributed by atoms with Gasteiger partial charge in [0.2, 0.25) is 12.3 Å².